The van der Waals surface area contributed by atoms with Crippen molar-refractivity contribution in [1.29, 1.82) is 0 Å². The van der Waals surface area contributed by atoms with E-state index in [1.54, 1.807) is 0 Å². The SMILES string of the molecule is CCCCCCOC(=O)C(O)(C(F)(F)F)C(F)(F)F. The standard InChI is InChI=1S/C10H14F6O3/c1-2-3-4-5-6-19-7(17)8(18,9(11,12)13)10(14,15)16/h18H,2-6H2,1H3. The molecule has 0 aromatic heterocycles. The summed E-state index contributed by atoms with van der Waals surface area (Å²) in [4.78, 5) is 10.9. The van der Waals surface area contributed by atoms with Crippen LogP contribution in [0.2, 0.25) is 0 Å². The first-order valence-corrected chi connectivity index (χ1v) is 5.51. The van der Waals surface area contributed by atoms with Crippen molar-refractivity contribution < 1.29 is 41.0 Å². The second-order valence-electron chi connectivity index (χ2n) is 3.90. The molecule has 0 aliphatic heterocycles. The predicted octanol–water partition coefficient (Wildman–Crippen LogP) is 2.97. The summed E-state index contributed by atoms with van der Waals surface area (Å²) in [5, 5.41) is 8.63. The van der Waals surface area contributed by atoms with Gasteiger partial charge in [-0.2, -0.15) is 26.3 Å². The third kappa shape index (κ3) is 4.26. The maximum absolute atomic E-state index is 12.2. The molecule has 0 unspecified atom stereocenters. The number of carbonyl (C=O) groups is 1. The average Bonchev–Trinajstić information content (AvgIpc) is 2.24. The summed E-state index contributed by atoms with van der Waals surface area (Å²) in [5.41, 5.74) is -5.48. The Balaban J connectivity index is 4.69. The van der Waals surface area contributed by atoms with Gasteiger partial charge in [-0.15, -0.1) is 0 Å². The van der Waals surface area contributed by atoms with Crippen molar-refractivity contribution in [3.05, 3.63) is 0 Å². The van der Waals surface area contributed by atoms with E-state index < -0.39 is 30.5 Å². The lowest BCUT2D eigenvalue weighted by Crippen LogP contribution is -2.63. The van der Waals surface area contributed by atoms with Gasteiger partial charge in [0.2, 0.25) is 0 Å². The first-order valence-electron chi connectivity index (χ1n) is 5.51. The van der Waals surface area contributed by atoms with Gasteiger partial charge in [-0.3, -0.25) is 0 Å². The normalized spacial score (nSPS) is 13.5. The van der Waals surface area contributed by atoms with E-state index in [9.17, 15) is 31.1 Å². The Hall–Kier alpha value is -0.990. The lowest BCUT2D eigenvalue weighted by molar-refractivity contribution is -0.356. The zero-order chi connectivity index (χ0) is 15.3. The minimum Gasteiger partial charge on any atom is -0.463 e. The van der Waals surface area contributed by atoms with Crippen molar-refractivity contribution in [3.63, 3.8) is 0 Å². The molecule has 0 aliphatic carbocycles. The zero-order valence-electron chi connectivity index (χ0n) is 10.1. The summed E-state index contributed by atoms with van der Waals surface area (Å²) in [6.45, 7) is 1.24. The molecule has 0 aromatic rings. The Morgan fingerprint density at radius 3 is 1.84 bits per heavy atom. The molecule has 114 valence electrons. The van der Waals surface area contributed by atoms with Crippen LogP contribution in [0.3, 0.4) is 0 Å². The molecule has 0 saturated carbocycles. The molecule has 3 nitrogen and oxygen atoms in total. The molecule has 0 saturated heterocycles. The van der Waals surface area contributed by atoms with Crippen LogP contribution in [0.4, 0.5) is 26.3 Å². The topological polar surface area (TPSA) is 46.5 Å². The van der Waals surface area contributed by atoms with Crippen LogP contribution < -0.4 is 0 Å². The molecule has 0 aliphatic rings. The van der Waals surface area contributed by atoms with Crippen LogP contribution in [0, 0.1) is 0 Å². The van der Waals surface area contributed by atoms with Crippen LogP contribution in [0.15, 0.2) is 0 Å². The van der Waals surface area contributed by atoms with E-state index in [-0.39, 0.29) is 6.42 Å². The van der Waals surface area contributed by atoms with Gasteiger partial charge in [0.25, 0.3) is 0 Å². The highest BCUT2D eigenvalue weighted by Crippen LogP contribution is 2.43. The van der Waals surface area contributed by atoms with Gasteiger partial charge in [-0.1, -0.05) is 26.2 Å². The highest BCUT2D eigenvalue weighted by Gasteiger charge is 2.76. The van der Waals surface area contributed by atoms with Crippen LogP contribution >= 0.6 is 0 Å². The number of aliphatic hydroxyl groups is 1. The molecule has 0 fully saturated rings. The Labute approximate surface area is 105 Å². The molecule has 19 heavy (non-hydrogen) atoms. The van der Waals surface area contributed by atoms with E-state index in [1.165, 1.54) is 0 Å². The van der Waals surface area contributed by atoms with E-state index in [1.807, 2.05) is 6.92 Å². The number of alkyl halides is 6. The van der Waals surface area contributed by atoms with Crippen LogP contribution in [-0.2, 0) is 9.53 Å². The lowest BCUT2D eigenvalue weighted by atomic mass is 10.0. The first-order chi connectivity index (χ1) is 8.48. The van der Waals surface area contributed by atoms with Crippen molar-refractivity contribution in [1.82, 2.24) is 0 Å². The Bertz CT molecular complexity index is 283. The largest absolute Gasteiger partial charge is 0.463 e. The minimum atomic E-state index is -6.19. The van der Waals surface area contributed by atoms with Crippen molar-refractivity contribution >= 4 is 5.97 Å². The van der Waals surface area contributed by atoms with E-state index in [4.69, 9.17) is 5.11 Å². The van der Waals surface area contributed by atoms with E-state index in [0.717, 1.165) is 6.42 Å². The third-order valence-electron chi connectivity index (χ3n) is 2.35. The number of hydrogen-bond acceptors (Lipinski definition) is 3. The molecule has 0 bridgehead atoms. The maximum Gasteiger partial charge on any atom is 0.437 e. The highest BCUT2D eigenvalue weighted by atomic mass is 19.4. The Morgan fingerprint density at radius 2 is 1.47 bits per heavy atom. The fraction of sp³-hybridized carbons (Fsp3) is 0.900. The molecule has 0 radical (unpaired) electrons. The van der Waals surface area contributed by atoms with Crippen LogP contribution in [0.5, 0.6) is 0 Å². The summed E-state index contributed by atoms with van der Waals surface area (Å²) in [7, 11) is 0. The van der Waals surface area contributed by atoms with Crippen LogP contribution in [0.1, 0.15) is 32.6 Å². The second-order valence-corrected chi connectivity index (χ2v) is 3.90. The highest BCUT2D eigenvalue weighted by molar-refractivity contribution is 5.81. The third-order valence-corrected chi connectivity index (χ3v) is 2.35. The number of rotatable bonds is 6. The molecule has 0 amide bonds. The number of carbonyl (C=O) groups excluding carboxylic acids is 1. The molecule has 0 aromatic carbocycles. The summed E-state index contributed by atoms with van der Waals surface area (Å²) >= 11 is 0. The summed E-state index contributed by atoms with van der Waals surface area (Å²) in [6, 6.07) is 0. The number of unbranched alkanes of at least 4 members (excludes halogenated alkanes) is 3. The predicted molar refractivity (Wildman–Crippen MR) is 52.2 cm³/mol. The zero-order valence-corrected chi connectivity index (χ0v) is 10.1. The smallest absolute Gasteiger partial charge is 0.437 e. The minimum absolute atomic E-state index is 0.130. The van der Waals surface area contributed by atoms with E-state index in [0.29, 0.717) is 12.8 Å². The fourth-order valence-corrected chi connectivity index (χ4v) is 1.19. The molecular weight excluding hydrogens is 282 g/mol. The number of hydrogen-bond donors (Lipinski definition) is 1. The van der Waals surface area contributed by atoms with E-state index in [2.05, 4.69) is 4.74 Å². The lowest BCUT2D eigenvalue weighted by Gasteiger charge is -2.29. The number of halogens is 6. The van der Waals surface area contributed by atoms with Crippen molar-refractivity contribution in [3.8, 4) is 0 Å². The van der Waals surface area contributed by atoms with Gasteiger partial charge >= 0.3 is 23.9 Å². The fourth-order valence-electron chi connectivity index (χ4n) is 1.19. The molecular formula is C10H14F6O3. The van der Waals surface area contributed by atoms with Gasteiger partial charge < -0.3 is 9.84 Å². The maximum atomic E-state index is 12.2. The van der Waals surface area contributed by atoms with E-state index >= 15 is 0 Å². The second kappa shape index (κ2) is 6.44. The summed E-state index contributed by atoms with van der Waals surface area (Å²) < 4.78 is 77.1. The molecule has 1 N–H and O–H groups in total. The van der Waals surface area contributed by atoms with Gasteiger partial charge in [0.1, 0.15) is 0 Å². The Morgan fingerprint density at radius 1 is 1.00 bits per heavy atom. The van der Waals surface area contributed by atoms with Gasteiger partial charge in [0.15, 0.2) is 0 Å². The van der Waals surface area contributed by atoms with Gasteiger partial charge in [-0.25, -0.2) is 4.79 Å². The quantitative estimate of drug-likeness (QED) is 0.465. The average molecular weight is 296 g/mol. The monoisotopic (exact) mass is 296 g/mol. The number of ether oxygens (including phenoxy) is 1. The molecule has 0 rings (SSSR count). The van der Waals surface area contributed by atoms with Crippen molar-refractivity contribution in [2.75, 3.05) is 6.61 Å². The van der Waals surface area contributed by atoms with Crippen molar-refractivity contribution in [2.45, 2.75) is 50.6 Å². The molecule has 0 atom stereocenters. The summed E-state index contributed by atoms with van der Waals surface area (Å²) in [6.07, 6.45) is -10.2. The summed E-state index contributed by atoms with van der Waals surface area (Å²) in [5.74, 6) is -2.75. The van der Waals surface area contributed by atoms with Gasteiger partial charge in [0.05, 0.1) is 6.61 Å². The van der Waals surface area contributed by atoms with Gasteiger partial charge in [-0.05, 0) is 6.42 Å². The molecule has 0 spiro atoms. The Kier molecular flexibility index (Phi) is 6.11. The van der Waals surface area contributed by atoms with Crippen LogP contribution in [-0.4, -0.2) is 35.6 Å². The number of esters is 1. The van der Waals surface area contributed by atoms with Crippen molar-refractivity contribution in [2.24, 2.45) is 0 Å². The van der Waals surface area contributed by atoms with Crippen LogP contribution in [0.25, 0.3) is 0 Å². The molecule has 9 heteroatoms. The first kappa shape index (κ1) is 18.0. The van der Waals surface area contributed by atoms with Gasteiger partial charge in [0, 0.05) is 0 Å². The molecule has 0 heterocycles.